The quantitative estimate of drug-likeness (QED) is 0.644. The Labute approximate surface area is 190 Å². The lowest BCUT2D eigenvalue weighted by Gasteiger charge is -2.43. The van der Waals surface area contributed by atoms with Gasteiger partial charge in [-0.15, -0.1) is 0 Å². The summed E-state index contributed by atoms with van der Waals surface area (Å²) in [6.07, 6.45) is 6.20. The number of piperidine rings is 1. The molecular weight excluding hydrogens is 408 g/mol. The SMILES string of the molecule is COc1ccc(NC(=O)NCCN(C2CCOCC2)C2CCN(C(=O)C3CC3)CC2)cc1. The Balaban J connectivity index is 1.26. The number of rotatable bonds is 8. The van der Waals surface area contributed by atoms with Crippen LogP contribution in [0, 0.1) is 5.92 Å². The molecule has 1 aliphatic carbocycles. The van der Waals surface area contributed by atoms with Gasteiger partial charge in [-0.2, -0.15) is 0 Å². The molecule has 0 unspecified atom stereocenters. The summed E-state index contributed by atoms with van der Waals surface area (Å²) in [5, 5.41) is 5.87. The van der Waals surface area contributed by atoms with Crippen molar-refractivity contribution in [3.63, 3.8) is 0 Å². The molecule has 32 heavy (non-hydrogen) atoms. The van der Waals surface area contributed by atoms with Gasteiger partial charge in [-0.1, -0.05) is 0 Å². The van der Waals surface area contributed by atoms with Gasteiger partial charge in [0, 0.05) is 63.1 Å². The van der Waals surface area contributed by atoms with Gasteiger partial charge in [-0.3, -0.25) is 9.69 Å². The normalized spacial score (nSPS) is 20.2. The number of amides is 3. The molecule has 3 amide bonds. The van der Waals surface area contributed by atoms with Crippen LogP contribution in [0.15, 0.2) is 24.3 Å². The molecule has 1 aromatic rings. The molecule has 2 N–H and O–H groups in total. The summed E-state index contributed by atoms with van der Waals surface area (Å²) in [7, 11) is 1.62. The summed E-state index contributed by atoms with van der Waals surface area (Å²) in [4.78, 5) is 29.4. The third-order valence-corrected chi connectivity index (χ3v) is 6.84. The second kappa shape index (κ2) is 11.0. The zero-order chi connectivity index (χ0) is 22.3. The topological polar surface area (TPSA) is 83.1 Å². The molecule has 1 saturated carbocycles. The first-order chi connectivity index (χ1) is 15.6. The van der Waals surface area contributed by atoms with E-state index >= 15 is 0 Å². The van der Waals surface area contributed by atoms with Crippen molar-refractivity contribution in [1.82, 2.24) is 15.1 Å². The maximum atomic E-state index is 12.4. The molecule has 176 valence electrons. The number of carbonyl (C=O) groups is 2. The van der Waals surface area contributed by atoms with Gasteiger partial charge in [-0.25, -0.2) is 4.79 Å². The van der Waals surface area contributed by atoms with Crippen LogP contribution < -0.4 is 15.4 Å². The predicted molar refractivity (Wildman–Crippen MR) is 123 cm³/mol. The maximum absolute atomic E-state index is 12.4. The van der Waals surface area contributed by atoms with Gasteiger partial charge < -0.3 is 25.0 Å². The van der Waals surface area contributed by atoms with Crippen LogP contribution in [-0.2, 0) is 9.53 Å². The molecule has 0 atom stereocenters. The maximum Gasteiger partial charge on any atom is 0.319 e. The smallest absolute Gasteiger partial charge is 0.319 e. The third kappa shape index (κ3) is 6.13. The lowest BCUT2D eigenvalue weighted by molar-refractivity contribution is -0.134. The van der Waals surface area contributed by atoms with Crippen molar-refractivity contribution in [2.75, 3.05) is 51.8 Å². The van der Waals surface area contributed by atoms with E-state index in [0.717, 1.165) is 82.8 Å². The molecule has 0 spiro atoms. The highest BCUT2D eigenvalue weighted by molar-refractivity contribution is 5.89. The van der Waals surface area contributed by atoms with Crippen LogP contribution in [-0.4, -0.2) is 80.3 Å². The van der Waals surface area contributed by atoms with E-state index in [1.807, 2.05) is 24.3 Å². The fraction of sp³-hybridized carbons (Fsp3) is 0.667. The Bertz CT molecular complexity index is 754. The van der Waals surface area contributed by atoms with E-state index in [2.05, 4.69) is 20.4 Å². The number of urea groups is 1. The molecule has 2 heterocycles. The summed E-state index contributed by atoms with van der Waals surface area (Å²) in [5.41, 5.74) is 0.734. The lowest BCUT2D eigenvalue weighted by atomic mass is 9.97. The molecule has 3 aliphatic rings. The van der Waals surface area contributed by atoms with E-state index in [9.17, 15) is 9.59 Å². The van der Waals surface area contributed by atoms with Gasteiger partial charge in [0.1, 0.15) is 5.75 Å². The molecule has 3 fully saturated rings. The minimum absolute atomic E-state index is 0.202. The van der Waals surface area contributed by atoms with Gasteiger partial charge in [0.2, 0.25) is 5.91 Å². The molecule has 4 rings (SSSR count). The van der Waals surface area contributed by atoms with E-state index in [1.54, 1.807) is 7.11 Å². The molecule has 8 heteroatoms. The number of nitrogens with zero attached hydrogens (tertiary/aromatic N) is 2. The van der Waals surface area contributed by atoms with Crippen LogP contribution in [0.5, 0.6) is 5.75 Å². The first-order valence-electron chi connectivity index (χ1n) is 11.9. The standard InChI is InChI=1S/C24H36N4O4/c1-31-22-6-4-19(5-7-22)26-24(30)25-12-15-28(21-10-16-32-17-11-21)20-8-13-27(14-9-20)23(29)18-2-3-18/h4-7,18,20-21H,2-3,8-17H2,1H3,(H2,25,26,30). The van der Waals surface area contributed by atoms with Crippen molar-refractivity contribution < 1.29 is 19.1 Å². The molecule has 0 aromatic heterocycles. The lowest BCUT2D eigenvalue weighted by Crippen LogP contribution is -2.53. The third-order valence-electron chi connectivity index (χ3n) is 6.84. The first-order valence-corrected chi connectivity index (χ1v) is 11.9. The molecule has 2 saturated heterocycles. The summed E-state index contributed by atoms with van der Waals surface area (Å²) >= 11 is 0. The summed E-state index contributed by atoms with van der Waals surface area (Å²) < 4.78 is 10.7. The van der Waals surface area contributed by atoms with Gasteiger partial charge in [0.25, 0.3) is 0 Å². The molecule has 0 bridgehead atoms. The van der Waals surface area contributed by atoms with Crippen LogP contribution in [0.3, 0.4) is 0 Å². The van der Waals surface area contributed by atoms with E-state index in [0.29, 0.717) is 30.5 Å². The van der Waals surface area contributed by atoms with E-state index in [-0.39, 0.29) is 6.03 Å². The van der Waals surface area contributed by atoms with Crippen molar-refractivity contribution in [1.29, 1.82) is 0 Å². The zero-order valence-corrected chi connectivity index (χ0v) is 19.1. The fourth-order valence-electron chi connectivity index (χ4n) is 4.83. The van der Waals surface area contributed by atoms with Crippen molar-refractivity contribution in [3.8, 4) is 5.75 Å². The highest BCUT2D eigenvalue weighted by Crippen LogP contribution is 2.32. The number of carbonyl (C=O) groups excluding carboxylic acids is 2. The van der Waals surface area contributed by atoms with Crippen molar-refractivity contribution in [2.45, 2.75) is 50.6 Å². The van der Waals surface area contributed by atoms with E-state index in [4.69, 9.17) is 9.47 Å². The number of ether oxygens (including phenoxy) is 2. The van der Waals surface area contributed by atoms with Crippen LogP contribution in [0.25, 0.3) is 0 Å². The fourth-order valence-corrected chi connectivity index (χ4v) is 4.83. The van der Waals surface area contributed by atoms with Crippen molar-refractivity contribution >= 4 is 17.6 Å². The molecule has 0 radical (unpaired) electrons. The molecule has 8 nitrogen and oxygen atoms in total. The first kappa shape index (κ1) is 22.9. The second-order valence-electron chi connectivity index (χ2n) is 9.02. The highest BCUT2D eigenvalue weighted by Gasteiger charge is 2.37. The van der Waals surface area contributed by atoms with Gasteiger partial charge >= 0.3 is 6.03 Å². The van der Waals surface area contributed by atoms with Crippen LogP contribution in [0.4, 0.5) is 10.5 Å². The predicted octanol–water partition coefficient (Wildman–Crippen LogP) is 2.70. The second-order valence-corrected chi connectivity index (χ2v) is 9.02. The van der Waals surface area contributed by atoms with Gasteiger partial charge in [0.15, 0.2) is 0 Å². The van der Waals surface area contributed by atoms with Crippen molar-refractivity contribution in [3.05, 3.63) is 24.3 Å². The number of nitrogens with one attached hydrogen (secondary N) is 2. The Morgan fingerprint density at radius 3 is 2.31 bits per heavy atom. The number of likely N-dealkylation sites (tertiary alicyclic amines) is 1. The monoisotopic (exact) mass is 444 g/mol. The molecule has 1 aromatic carbocycles. The van der Waals surface area contributed by atoms with Gasteiger partial charge in [0.05, 0.1) is 7.11 Å². The Morgan fingerprint density at radius 2 is 1.69 bits per heavy atom. The minimum atomic E-state index is -0.202. The van der Waals surface area contributed by atoms with E-state index in [1.165, 1.54) is 0 Å². The zero-order valence-electron chi connectivity index (χ0n) is 19.1. The molecular formula is C24H36N4O4. The van der Waals surface area contributed by atoms with Gasteiger partial charge in [-0.05, 0) is 62.8 Å². The summed E-state index contributed by atoms with van der Waals surface area (Å²) in [6, 6.07) is 8.02. The highest BCUT2D eigenvalue weighted by atomic mass is 16.5. The van der Waals surface area contributed by atoms with Crippen LogP contribution in [0.2, 0.25) is 0 Å². The van der Waals surface area contributed by atoms with Crippen LogP contribution >= 0.6 is 0 Å². The molecule has 2 aliphatic heterocycles. The summed E-state index contributed by atoms with van der Waals surface area (Å²) in [6.45, 7) is 4.69. The number of anilines is 1. The Morgan fingerprint density at radius 1 is 1.03 bits per heavy atom. The Kier molecular flexibility index (Phi) is 7.86. The Hall–Kier alpha value is -2.32. The number of hydrogen-bond acceptors (Lipinski definition) is 5. The number of benzene rings is 1. The number of methoxy groups -OCH3 is 1. The van der Waals surface area contributed by atoms with Crippen LogP contribution in [0.1, 0.15) is 38.5 Å². The minimum Gasteiger partial charge on any atom is -0.497 e. The summed E-state index contributed by atoms with van der Waals surface area (Å²) in [5.74, 6) is 1.41. The number of hydrogen-bond donors (Lipinski definition) is 2. The van der Waals surface area contributed by atoms with E-state index < -0.39 is 0 Å². The van der Waals surface area contributed by atoms with Crippen molar-refractivity contribution in [2.24, 2.45) is 5.92 Å². The average Bonchev–Trinajstić information content (AvgIpc) is 3.68. The largest absolute Gasteiger partial charge is 0.497 e. The average molecular weight is 445 g/mol.